The average Bonchev–Trinajstić information content (AvgIpc) is 3.03. The second-order valence-corrected chi connectivity index (χ2v) is 7.73. The van der Waals surface area contributed by atoms with Crippen LogP contribution in [0.5, 0.6) is 0 Å². The monoisotopic (exact) mass is 385 g/mol. The first-order valence-electron chi connectivity index (χ1n) is 8.11. The van der Waals surface area contributed by atoms with Crippen molar-refractivity contribution in [1.82, 2.24) is 24.1 Å². The lowest BCUT2D eigenvalue weighted by Gasteiger charge is -2.07. The number of aromatic nitrogens is 4. The Balaban J connectivity index is 1.53. The minimum Gasteiger partial charge on any atom is -0.307 e. The van der Waals surface area contributed by atoms with Crippen molar-refractivity contribution in [3.05, 3.63) is 75.3 Å². The maximum Gasteiger partial charge on any atom is 0.326 e. The molecule has 138 valence electrons. The first-order valence-corrected chi connectivity index (χ1v) is 9.59. The third-order valence-corrected chi connectivity index (χ3v) is 5.57. The summed E-state index contributed by atoms with van der Waals surface area (Å²) in [7, 11) is -3.81. The number of aromatic amines is 2. The molecule has 0 radical (unpaired) electrons. The summed E-state index contributed by atoms with van der Waals surface area (Å²) in [6.07, 6.45) is 4.13. The highest BCUT2D eigenvalue weighted by atomic mass is 32.2. The second-order valence-electron chi connectivity index (χ2n) is 5.96. The molecule has 27 heavy (non-hydrogen) atoms. The molecule has 0 bridgehead atoms. The summed E-state index contributed by atoms with van der Waals surface area (Å²) in [5.74, 6) is 0. The number of nitrogens with one attached hydrogen (secondary N) is 3. The molecule has 10 heteroatoms. The number of benzene rings is 1. The van der Waals surface area contributed by atoms with Gasteiger partial charge in [-0.1, -0.05) is 6.07 Å². The minimum atomic E-state index is -3.81. The summed E-state index contributed by atoms with van der Waals surface area (Å²) >= 11 is 0. The van der Waals surface area contributed by atoms with Crippen molar-refractivity contribution in [2.45, 2.75) is 11.3 Å². The zero-order valence-corrected chi connectivity index (χ0v) is 14.8. The summed E-state index contributed by atoms with van der Waals surface area (Å²) < 4.78 is 29.4. The van der Waals surface area contributed by atoms with Crippen LogP contribution in [0.15, 0.2) is 63.3 Å². The van der Waals surface area contributed by atoms with Crippen LogP contribution < -0.4 is 16.0 Å². The van der Waals surface area contributed by atoms with E-state index in [1.165, 1.54) is 18.2 Å². The van der Waals surface area contributed by atoms with Crippen LogP contribution in [0, 0.1) is 0 Å². The van der Waals surface area contributed by atoms with Crippen molar-refractivity contribution in [3.63, 3.8) is 0 Å². The van der Waals surface area contributed by atoms with Crippen molar-refractivity contribution in [3.8, 4) is 0 Å². The van der Waals surface area contributed by atoms with Gasteiger partial charge >= 0.3 is 5.69 Å². The molecule has 0 fully saturated rings. The number of hydrogen-bond acceptors (Lipinski definition) is 5. The number of sulfonamides is 1. The van der Waals surface area contributed by atoms with Gasteiger partial charge in [0.15, 0.2) is 0 Å². The number of rotatable bonds is 5. The fourth-order valence-electron chi connectivity index (χ4n) is 2.82. The van der Waals surface area contributed by atoms with E-state index in [1.807, 2.05) is 35.0 Å². The van der Waals surface area contributed by atoms with Gasteiger partial charge in [-0.3, -0.25) is 9.78 Å². The number of pyridine rings is 1. The molecule has 0 aliphatic rings. The number of nitrogens with zero attached hydrogens (tertiary/aromatic N) is 2. The van der Waals surface area contributed by atoms with E-state index in [4.69, 9.17) is 0 Å². The van der Waals surface area contributed by atoms with Gasteiger partial charge in [0.2, 0.25) is 10.0 Å². The summed E-state index contributed by atoms with van der Waals surface area (Å²) in [5, 5.41) is 0.0952. The Kier molecular flexibility index (Phi) is 4.13. The van der Waals surface area contributed by atoms with E-state index in [0.717, 1.165) is 11.3 Å². The Bertz CT molecular complexity index is 1330. The van der Waals surface area contributed by atoms with Gasteiger partial charge in [-0.25, -0.2) is 22.9 Å². The van der Waals surface area contributed by atoms with E-state index in [1.54, 1.807) is 0 Å². The maximum absolute atomic E-state index is 12.5. The SMILES string of the molecule is O=c1[nH]c(=O)c2cc(S(=O)(=O)NCCc3cn4ccccc4n3)ccc2[nH]1. The normalized spacial score (nSPS) is 12.0. The predicted molar refractivity (Wildman–Crippen MR) is 99.3 cm³/mol. The standard InChI is InChI=1S/C17H15N5O4S/c23-16-13-9-12(4-5-14(13)20-17(24)21-16)27(25,26)18-7-6-11-10-22-8-2-1-3-15(22)19-11/h1-5,8-10,18H,6-7H2,(H2,20,21,23,24). The summed E-state index contributed by atoms with van der Waals surface area (Å²) in [6, 6.07) is 9.59. The molecular weight excluding hydrogens is 370 g/mol. The molecule has 0 saturated carbocycles. The maximum atomic E-state index is 12.5. The van der Waals surface area contributed by atoms with Gasteiger partial charge in [0.25, 0.3) is 5.56 Å². The van der Waals surface area contributed by atoms with Crippen LogP contribution in [0.4, 0.5) is 0 Å². The Morgan fingerprint density at radius 3 is 2.78 bits per heavy atom. The van der Waals surface area contributed by atoms with Gasteiger partial charge in [0.05, 0.1) is 21.5 Å². The van der Waals surface area contributed by atoms with Gasteiger partial charge < -0.3 is 9.38 Å². The van der Waals surface area contributed by atoms with Crippen LogP contribution >= 0.6 is 0 Å². The lowest BCUT2D eigenvalue weighted by molar-refractivity contribution is 0.581. The van der Waals surface area contributed by atoms with E-state index < -0.39 is 21.3 Å². The first-order chi connectivity index (χ1) is 12.9. The lowest BCUT2D eigenvalue weighted by Crippen LogP contribution is -2.27. The minimum absolute atomic E-state index is 0.0532. The molecule has 1 aromatic carbocycles. The van der Waals surface area contributed by atoms with Gasteiger partial charge in [0, 0.05) is 25.4 Å². The molecule has 4 aromatic rings. The molecule has 0 atom stereocenters. The topological polar surface area (TPSA) is 129 Å². The molecule has 0 unspecified atom stereocenters. The first kappa shape index (κ1) is 17.2. The fourth-order valence-corrected chi connectivity index (χ4v) is 3.87. The van der Waals surface area contributed by atoms with Crippen molar-refractivity contribution < 1.29 is 8.42 Å². The highest BCUT2D eigenvalue weighted by Gasteiger charge is 2.15. The van der Waals surface area contributed by atoms with Crippen molar-refractivity contribution in [2.24, 2.45) is 0 Å². The smallest absolute Gasteiger partial charge is 0.307 e. The van der Waals surface area contributed by atoms with Crippen LogP contribution in [-0.2, 0) is 16.4 Å². The van der Waals surface area contributed by atoms with Crippen LogP contribution in [0.2, 0.25) is 0 Å². The van der Waals surface area contributed by atoms with Crippen molar-refractivity contribution in [1.29, 1.82) is 0 Å². The predicted octanol–water partition coefficient (Wildman–Crippen LogP) is 0.385. The number of hydrogen-bond donors (Lipinski definition) is 3. The molecule has 9 nitrogen and oxygen atoms in total. The Hall–Kier alpha value is -3.24. The van der Waals surface area contributed by atoms with Crippen LogP contribution in [0.25, 0.3) is 16.6 Å². The number of H-pyrrole nitrogens is 2. The molecule has 4 rings (SSSR count). The Morgan fingerprint density at radius 1 is 1.11 bits per heavy atom. The van der Waals surface area contributed by atoms with Crippen LogP contribution in [0.3, 0.4) is 0 Å². The van der Waals surface area contributed by atoms with Gasteiger partial charge in [-0.15, -0.1) is 0 Å². The van der Waals surface area contributed by atoms with Gasteiger partial charge in [-0.05, 0) is 30.3 Å². The second kappa shape index (κ2) is 6.49. The largest absolute Gasteiger partial charge is 0.326 e. The Morgan fingerprint density at radius 2 is 1.96 bits per heavy atom. The van der Waals surface area contributed by atoms with E-state index >= 15 is 0 Å². The van der Waals surface area contributed by atoms with E-state index in [9.17, 15) is 18.0 Å². The quantitative estimate of drug-likeness (QED) is 0.457. The average molecular weight is 385 g/mol. The van der Waals surface area contributed by atoms with Gasteiger partial charge in [-0.2, -0.15) is 0 Å². The zero-order chi connectivity index (χ0) is 19.0. The highest BCUT2D eigenvalue weighted by molar-refractivity contribution is 7.89. The molecular formula is C17H15N5O4S. The summed E-state index contributed by atoms with van der Waals surface area (Å²) in [5.41, 5.74) is 0.533. The fraction of sp³-hybridized carbons (Fsp3) is 0.118. The van der Waals surface area contributed by atoms with E-state index in [2.05, 4.69) is 19.7 Å². The molecule has 3 heterocycles. The molecule has 0 spiro atoms. The third-order valence-electron chi connectivity index (χ3n) is 4.11. The van der Waals surface area contributed by atoms with Gasteiger partial charge in [0.1, 0.15) is 5.65 Å². The van der Waals surface area contributed by atoms with Crippen molar-refractivity contribution in [2.75, 3.05) is 6.54 Å². The number of imidazole rings is 1. The zero-order valence-electron chi connectivity index (χ0n) is 14.0. The summed E-state index contributed by atoms with van der Waals surface area (Å²) in [4.78, 5) is 32.0. The molecule has 3 N–H and O–H groups in total. The summed E-state index contributed by atoms with van der Waals surface area (Å²) in [6.45, 7) is 0.159. The van der Waals surface area contributed by atoms with Crippen molar-refractivity contribution >= 4 is 26.6 Å². The highest BCUT2D eigenvalue weighted by Crippen LogP contribution is 2.14. The molecule has 0 saturated heterocycles. The van der Waals surface area contributed by atoms with E-state index in [-0.39, 0.29) is 22.3 Å². The molecule has 0 aliphatic carbocycles. The molecule has 0 aliphatic heterocycles. The Labute approximate surface area is 152 Å². The third kappa shape index (κ3) is 3.39. The van der Waals surface area contributed by atoms with E-state index in [0.29, 0.717) is 6.42 Å². The number of fused-ring (bicyclic) bond motifs is 2. The van der Waals surface area contributed by atoms with Crippen LogP contribution in [0.1, 0.15) is 5.69 Å². The molecule has 0 amide bonds. The lowest BCUT2D eigenvalue weighted by atomic mass is 10.2. The van der Waals surface area contributed by atoms with Crippen LogP contribution in [-0.4, -0.2) is 34.3 Å². The molecule has 3 aromatic heterocycles.